The van der Waals surface area contributed by atoms with E-state index in [0.717, 1.165) is 29.5 Å². The van der Waals surface area contributed by atoms with Gasteiger partial charge in [0.1, 0.15) is 12.4 Å². The van der Waals surface area contributed by atoms with Crippen LogP contribution in [0.2, 0.25) is 0 Å². The second kappa shape index (κ2) is 7.57. The Balaban J connectivity index is 1.61. The molecule has 2 heterocycles. The summed E-state index contributed by atoms with van der Waals surface area (Å²) in [6.45, 7) is 0.0336. The maximum Gasteiger partial charge on any atom is 0.239 e. The highest BCUT2D eigenvalue weighted by molar-refractivity contribution is 5.91. The lowest BCUT2D eigenvalue weighted by Gasteiger charge is -2.08. The van der Waals surface area contributed by atoms with Crippen molar-refractivity contribution in [1.82, 2.24) is 14.8 Å². The number of rotatable bonds is 6. The van der Waals surface area contributed by atoms with Gasteiger partial charge in [-0.2, -0.15) is 5.10 Å². The largest absolute Gasteiger partial charge is 0.368 e. The van der Waals surface area contributed by atoms with Crippen LogP contribution in [0.4, 0.5) is 5.82 Å². The van der Waals surface area contributed by atoms with Gasteiger partial charge in [-0.25, -0.2) is 4.98 Å². The quantitative estimate of drug-likeness (QED) is 0.842. The first-order valence-corrected chi connectivity index (χ1v) is 8.03. The molecule has 0 saturated carbocycles. The molecule has 128 valence electrons. The van der Waals surface area contributed by atoms with Crippen molar-refractivity contribution in [3.05, 3.63) is 54.5 Å². The zero-order valence-electron chi connectivity index (χ0n) is 13.7. The zero-order valence-corrected chi connectivity index (χ0v) is 13.7. The van der Waals surface area contributed by atoms with Gasteiger partial charge in [-0.3, -0.25) is 14.3 Å². The molecule has 7 heteroatoms. The lowest BCUT2D eigenvalue weighted by atomic mass is 10.0. The number of carbonyl (C=O) groups excluding carboxylic acids is 2. The van der Waals surface area contributed by atoms with Crippen LogP contribution in [0.15, 0.2) is 54.5 Å². The first-order chi connectivity index (χ1) is 12.1. The smallest absolute Gasteiger partial charge is 0.239 e. The van der Waals surface area contributed by atoms with Gasteiger partial charge in [-0.15, -0.1) is 0 Å². The molecule has 0 aliphatic heterocycles. The number of amides is 2. The molecule has 0 bridgehead atoms. The average Bonchev–Trinajstić information content (AvgIpc) is 3.04. The van der Waals surface area contributed by atoms with E-state index in [2.05, 4.69) is 27.6 Å². The normalized spacial score (nSPS) is 13.4. The summed E-state index contributed by atoms with van der Waals surface area (Å²) in [5.74, 6) is -0.0419. The number of nitrogens with one attached hydrogen (secondary N) is 1. The minimum absolute atomic E-state index is 0.0336. The van der Waals surface area contributed by atoms with Gasteiger partial charge in [0.2, 0.25) is 11.8 Å². The minimum Gasteiger partial charge on any atom is -0.368 e. The molecule has 2 aromatic heterocycles. The Morgan fingerprint density at radius 3 is 2.76 bits per heavy atom. The number of nitrogens with two attached hydrogens (primary N) is 1. The van der Waals surface area contributed by atoms with E-state index in [0.29, 0.717) is 12.2 Å². The third-order valence-electron chi connectivity index (χ3n) is 3.75. The number of aromatic nitrogens is 3. The molecule has 0 saturated heterocycles. The molecular formula is C18H19N5O2. The highest BCUT2D eigenvalue weighted by Gasteiger charge is 2.08. The maximum absolute atomic E-state index is 12.1. The molecule has 0 unspecified atom stereocenters. The Hall–Kier alpha value is -3.22. The summed E-state index contributed by atoms with van der Waals surface area (Å²) in [5.41, 5.74) is 7.84. The Kier molecular flexibility index (Phi) is 5.03. The second-order valence-electron chi connectivity index (χ2n) is 5.81. The standard InChI is InChI=1S/C18H19N5O2/c19-16(24)12-23-11-15(10-21-23)14-6-7-17(20-9-14)22-18(25)8-13-4-2-1-3-5-13/h2,4-7,9-11H,1,3,8,12H2,(H2,19,24)(H,20,22,25). The Morgan fingerprint density at radius 2 is 2.08 bits per heavy atom. The fraction of sp³-hybridized carbons (Fsp3) is 0.222. The number of hydrogen-bond acceptors (Lipinski definition) is 4. The third-order valence-corrected chi connectivity index (χ3v) is 3.75. The van der Waals surface area contributed by atoms with Gasteiger partial charge in [0, 0.05) is 23.5 Å². The first-order valence-electron chi connectivity index (χ1n) is 8.03. The molecule has 3 rings (SSSR count). The van der Waals surface area contributed by atoms with Crippen molar-refractivity contribution < 1.29 is 9.59 Å². The SMILES string of the molecule is NC(=O)Cn1cc(-c2ccc(NC(=O)CC3=CCCC=C3)nc2)cn1. The summed E-state index contributed by atoms with van der Waals surface area (Å²) < 4.78 is 1.47. The van der Waals surface area contributed by atoms with E-state index < -0.39 is 5.91 Å². The van der Waals surface area contributed by atoms with E-state index in [1.54, 1.807) is 24.7 Å². The number of anilines is 1. The van der Waals surface area contributed by atoms with Crippen molar-refractivity contribution in [2.24, 2.45) is 5.73 Å². The van der Waals surface area contributed by atoms with Crippen molar-refractivity contribution in [2.45, 2.75) is 25.8 Å². The van der Waals surface area contributed by atoms with E-state index in [1.165, 1.54) is 4.68 Å². The fourth-order valence-corrected chi connectivity index (χ4v) is 2.57. The third kappa shape index (κ3) is 4.63. The van der Waals surface area contributed by atoms with Crippen LogP contribution in [-0.2, 0) is 16.1 Å². The molecule has 1 aliphatic carbocycles. The summed E-state index contributed by atoms with van der Waals surface area (Å²) in [7, 11) is 0. The van der Waals surface area contributed by atoms with Crippen LogP contribution in [0.3, 0.4) is 0 Å². The van der Waals surface area contributed by atoms with E-state index in [4.69, 9.17) is 5.73 Å². The maximum atomic E-state index is 12.1. The molecule has 2 amide bonds. The van der Waals surface area contributed by atoms with Crippen molar-refractivity contribution in [3.63, 3.8) is 0 Å². The number of allylic oxidation sites excluding steroid dienone is 3. The predicted octanol–water partition coefficient (Wildman–Crippen LogP) is 2.04. The van der Waals surface area contributed by atoms with Crippen molar-refractivity contribution in [1.29, 1.82) is 0 Å². The van der Waals surface area contributed by atoms with Crippen molar-refractivity contribution >= 4 is 17.6 Å². The molecular weight excluding hydrogens is 318 g/mol. The summed E-state index contributed by atoms with van der Waals surface area (Å²) in [6.07, 6.45) is 13.5. The van der Waals surface area contributed by atoms with Crippen molar-refractivity contribution in [3.8, 4) is 11.1 Å². The van der Waals surface area contributed by atoms with Gasteiger partial charge in [-0.1, -0.05) is 18.2 Å². The minimum atomic E-state index is -0.450. The number of carbonyl (C=O) groups is 2. The predicted molar refractivity (Wildman–Crippen MR) is 94.4 cm³/mol. The monoisotopic (exact) mass is 337 g/mol. The van der Waals surface area contributed by atoms with Crippen LogP contribution in [-0.4, -0.2) is 26.6 Å². The molecule has 2 aromatic rings. The van der Waals surface area contributed by atoms with E-state index in [9.17, 15) is 9.59 Å². The van der Waals surface area contributed by atoms with E-state index in [-0.39, 0.29) is 12.5 Å². The highest BCUT2D eigenvalue weighted by atomic mass is 16.2. The lowest BCUT2D eigenvalue weighted by molar-refractivity contribution is -0.118. The van der Waals surface area contributed by atoms with Gasteiger partial charge < -0.3 is 11.1 Å². The molecule has 3 N–H and O–H groups in total. The molecule has 0 fully saturated rings. The summed E-state index contributed by atoms with van der Waals surface area (Å²) in [5, 5.41) is 6.87. The van der Waals surface area contributed by atoms with Crippen LogP contribution in [0, 0.1) is 0 Å². The van der Waals surface area contributed by atoms with Crippen LogP contribution in [0.1, 0.15) is 19.3 Å². The number of pyridine rings is 1. The Labute approximate surface area is 145 Å². The van der Waals surface area contributed by atoms with Gasteiger partial charge >= 0.3 is 0 Å². The lowest BCUT2D eigenvalue weighted by Crippen LogP contribution is -2.18. The fourth-order valence-electron chi connectivity index (χ4n) is 2.57. The van der Waals surface area contributed by atoms with Gasteiger partial charge in [0.25, 0.3) is 0 Å². The summed E-state index contributed by atoms with van der Waals surface area (Å²) in [4.78, 5) is 27.2. The molecule has 7 nitrogen and oxygen atoms in total. The van der Waals surface area contributed by atoms with Crippen LogP contribution in [0.25, 0.3) is 11.1 Å². The van der Waals surface area contributed by atoms with E-state index >= 15 is 0 Å². The van der Waals surface area contributed by atoms with Crippen LogP contribution < -0.4 is 11.1 Å². The molecule has 0 radical (unpaired) electrons. The Bertz CT molecular complexity index is 833. The Morgan fingerprint density at radius 1 is 1.20 bits per heavy atom. The number of primary amides is 1. The zero-order chi connectivity index (χ0) is 17.6. The van der Waals surface area contributed by atoms with Gasteiger partial charge in [0.15, 0.2) is 0 Å². The van der Waals surface area contributed by atoms with Gasteiger partial charge in [-0.05, 0) is 30.5 Å². The van der Waals surface area contributed by atoms with Crippen LogP contribution in [0.5, 0.6) is 0 Å². The van der Waals surface area contributed by atoms with E-state index in [1.807, 2.05) is 12.1 Å². The number of hydrogen-bond donors (Lipinski definition) is 2. The molecule has 1 aliphatic rings. The van der Waals surface area contributed by atoms with Crippen LogP contribution >= 0.6 is 0 Å². The molecule has 0 aromatic carbocycles. The average molecular weight is 337 g/mol. The number of nitrogens with zero attached hydrogens (tertiary/aromatic N) is 3. The second-order valence-corrected chi connectivity index (χ2v) is 5.81. The van der Waals surface area contributed by atoms with Crippen molar-refractivity contribution in [2.75, 3.05) is 5.32 Å². The highest BCUT2D eigenvalue weighted by Crippen LogP contribution is 2.19. The van der Waals surface area contributed by atoms with Gasteiger partial charge in [0.05, 0.1) is 12.6 Å². The molecule has 0 spiro atoms. The topological polar surface area (TPSA) is 103 Å². The summed E-state index contributed by atoms with van der Waals surface area (Å²) >= 11 is 0. The summed E-state index contributed by atoms with van der Waals surface area (Å²) in [6, 6.07) is 3.58. The molecule has 25 heavy (non-hydrogen) atoms. The molecule has 0 atom stereocenters. The first kappa shape index (κ1) is 16.6.